The minimum absolute atomic E-state index is 0.228. The van der Waals surface area contributed by atoms with Crippen LogP contribution in [-0.4, -0.2) is 18.0 Å². The van der Waals surface area contributed by atoms with Crippen molar-refractivity contribution in [3.05, 3.63) is 34.9 Å². The maximum absolute atomic E-state index is 11.1. The number of hydrogen-bond acceptors (Lipinski definition) is 4. The first-order valence-electron chi connectivity index (χ1n) is 5.17. The quantitative estimate of drug-likeness (QED) is 0.359. The van der Waals surface area contributed by atoms with E-state index in [4.69, 9.17) is 16.3 Å². The van der Waals surface area contributed by atoms with Gasteiger partial charge in [0.2, 0.25) is 0 Å². The second-order valence-electron chi connectivity index (χ2n) is 3.69. The fourth-order valence-electron chi connectivity index (χ4n) is 1.06. The molecule has 0 aromatic heterocycles. The lowest BCUT2D eigenvalue weighted by molar-refractivity contribution is 0.0363. The predicted molar refractivity (Wildman–Crippen MR) is 66.4 cm³/mol. The van der Waals surface area contributed by atoms with E-state index in [1.54, 1.807) is 45.0 Å². The Balaban J connectivity index is 2.60. The van der Waals surface area contributed by atoms with E-state index in [1.165, 1.54) is 0 Å². The zero-order valence-corrected chi connectivity index (χ0v) is 10.7. The molecule has 17 heavy (non-hydrogen) atoms. The molecule has 0 aliphatic carbocycles. The van der Waals surface area contributed by atoms with Crippen molar-refractivity contribution in [1.29, 1.82) is 0 Å². The molecule has 4 nitrogen and oxygen atoms in total. The van der Waals surface area contributed by atoms with Gasteiger partial charge in [0, 0.05) is 5.02 Å². The molecule has 5 heteroatoms. The highest BCUT2D eigenvalue weighted by molar-refractivity contribution is 6.30. The van der Waals surface area contributed by atoms with Crippen molar-refractivity contribution in [2.45, 2.75) is 26.9 Å². The van der Waals surface area contributed by atoms with Crippen molar-refractivity contribution < 1.29 is 14.4 Å². The summed E-state index contributed by atoms with van der Waals surface area (Å²) < 4.78 is 4.77. The van der Waals surface area contributed by atoms with Crippen LogP contribution in [0.15, 0.2) is 29.4 Å². The smallest absolute Gasteiger partial charge is 0.430 e. The Kier molecular flexibility index (Phi) is 4.97. The van der Waals surface area contributed by atoms with Crippen molar-refractivity contribution in [2.24, 2.45) is 5.16 Å². The summed E-state index contributed by atoms with van der Waals surface area (Å²) >= 11 is 5.76. The Morgan fingerprint density at radius 1 is 1.29 bits per heavy atom. The lowest BCUT2D eigenvalue weighted by Crippen LogP contribution is -2.11. The number of oxime groups is 1. The molecule has 0 radical (unpaired) electrons. The molecule has 0 bridgehead atoms. The second-order valence-corrected chi connectivity index (χ2v) is 4.13. The molecule has 0 unspecified atom stereocenters. The van der Waals surface area contributed by atoms with Crippen molar-refractivity contribution in [2.75, 3.05) is 0 Å². The zero-order valence-electron chi connectivity index (χ0n) is 9.94. The van der Waals surface area contributed by atoms with Crippen molar-refractivity contribution >= 4 is 23.5 Å². The highest BCUT2D eigenvalue weighted by atomic mass is 35.5. The van der Waals surface area contributed by atoms with Gasteiger partial charge >= 0.3 is 6.16 Å². The molecule has 1 rings (SSSR count). The van der Waals surface area contributed by atoms with E-state index in [1.807, 2.05) is 0 Å². The predicted octanol–water partition coefficient (Wildman–Crippen LogP) is 3.63. The number of rotatable bonds is 3. The molecule has 1 aromatic carbocycles. The molecular formula is C12H14ClNO3. The van der Waals surface area contributed by atoms with Gasteiger partial charge in [-0.1, -0.05) is 28.9 Å². The Morgan fingerprint density at radius 2 is 1.88 bits per heavy atom. The highest BCUT2D eigenvalue weighted by Gasteiger charge is 2.06. The molecular weight excluding hydrogens is 242 g/mol. The van der Waals surface area contributed by atoms with Gasteiger partial charge in [0.25, 0.3) is 0 Å². The van der Waals surface area contributed by atoms with E-state index in [2.05, 4.69) is 9.99 Å². The van der Waals surface area contributed by atoms with E-state index < -0.39 is 6.16 Å². The van der Waals surface area contributed by atoms with Crippen molar-refractivity contribution in [1.82, 2.24) is 0 Å². The molecule has 0 spiro atoms. The van der Waals surface area contributed by atoms with Crippen LogP contribution < -0.4 is 0 Å². The van der Waals surface area contributed by atoms with Crippen LogP contribution in [0, 0.1) is 0 Å². The van der Waals surface area contributed by atoms with Crippen LogP contribution >= 0.6 is 11.6 Å². The third-order valence-corrected chi connectivity index (χ3v) is 2.10. The minimum atomic E-state index is -0.812. The maximum atomic E-state index is 11.1. The van der Waals surface area contributed by atoms with Crippen LogP contribution in [0.5, 0.6) is 0 Å². The third-order valence-electron chi connectivity index (χ3n) is 1.85. The van der Waals surface area contributed by atoms with Gasteiger partial charge in [-0.05, 0) is 38.5 Å². The first kappa shape index (κ1) is 13.5. The summed E-state index contributed by atoms with van der Waals surface area (Å²) in [5.74, 6) is 0. The Bertz CT molecular complexity index is 412. The molecule has 0 saturated heterocycles. The van der Waals surface area contributed by atoms with Gasteiger partial charge in [0.05, 0.1) is 11.8 Å². The number of ether oxygens (including phenoxy) is 1. The van der Waals surface area contributed by atoms with Crippen LogP contribution in [0.2, 0.25) is 5.02 Å². The Labute approximate surface area is 105 Å². The van der Waals surface area contributed by atoms with Crippen molar-refractivity contribution in [3.8, 4) is 0 Å². The molecule has 0 heterocycles. The van der Waals surface area contributed by atoms with Gasteiger partial charge in [-0.3, -0.25) is 4.84 Å². The van der Waals surface area contributed by atoms with Gasteiger partial charge in [-0.25, -0.2) is 4.79 Å². The fraction of sp³-hybridized carbons (Fsp3) is 0.333. The second kappa shape index (κ2) is 6.25. The normalized spacial score (nSPS) is 11.5. The van der Waals surface area contributed by atoms with Gasteiger partial charge in [0.15, 0.2) is 0 Å². The Hall–Kier alpha value is -1.55. The molecule has 0 N–H and O–H groups in total. The standard InChI is InChI=1S/C12H14ClNO3/c1-8(2)16-12(15)17-14-9(3)10-4-6-11(13)7-5-10/h4-8H,1-3H3/b14-9+. The van der Waals surface area contributed by atoms with E-state index in [0.717, 1.165) is 5.56 Å². The number of benzene rings is 1. The SMILES string of the molecule is C/C(=N\OC(=O)OC(C)C)c1ccc(Cl)cc1. The number of carbonyl (C=O) groups excluding carboxylic acids is 1. The number of hydrogen-bond donors (Lipinski definition) is 0. The summed E-state index contributed by atoms with van der Waals surface area (Å²) in [5.41, 5.74) is 1.40. The molecule has 92 valence electrons. The monoisotopic (exact) mass is 255 g/mol. The summed E-state index contributed by atoms with van der Waals surface area (Å²) in [6.07, 6.45) is -1.04. The van der Waals surface area contributed by atoms with E-state index in [-0.39, 0.29) is 6.10 Å². The first-order chi connectivity index (χ1) is 7.99. The summed E-state index contributed by atoms with van der Waals surface area (Å²) in [6.45, 7) is 5.19. The van der Waals surface area contributed by atoms with Crippen LogP contribution in [0.25, 0.3) is 0 Å². The fourth-order valence-corrected chi connectivity index (χ4v) is 1.19. The summed E-state index contributed by atoms with van der Waals surface area (Å²) in [5, 5.41) is 4.32. The largest absolute Gasteiger partial charge is 0.535 e. The molecule has 1 aromatic rings. The average Bonchev–Trinajstić information content (AvgIpc) is 2.26. The lowest BCUT2D eigenvalue weighted by Gasteiger charge is -2.05. The molecule has 0 amide bonds. The summed E-state index contributed by atoms with van der Waals surface area (Å²) in [6, 6.07) is 7.06. The van der Waals surface area contributed by atoms with Crippen molar-refractivity contribution in [3.63, 3.8) is 0 Å². The molecule has 0 saturated carbocycles. The highest BCUT2D eigenvalue weighted by Crippen LogP contribution is 2.10. The van der Waals surface area contributed by atoms with Gasteiger partial charge in [0.1, 0.15) is 0 Å². The van der Waals surface area contributed by atoms with E-state index in [9.17, 15) is 4.79 Å². The van der Waals surface area contributed by atoms with Crippen LogP contribution in [0.4, 0.5) is 4.79 Å². The molecule has 0 aliphatic heterocycles. The van der Waals surface area contributed by atoms with Crippen LogP contribution in [0.3, 0.4) is 0 Å². The van der Waals surface area contributed by atoms with Crippen LogP contribution in [-0.2, 0) is 9.57 Å². The summed E-state index contributed by atoms with van der Waals surface area (Å²) in [7, 11) is 0. The summed E-state index contributed by atoms with van der Waals surface area (Å²) in [4.78, 5) is 15.7. The Morgan fingerprint density at radius 3 is 2.41 bits per heavy atom. The maximum Gasteiger partial charge on any atom is 0.535 e. The number of nitrogens with zero attached hydrogens (tertiary/aromatic N) is 1. The molecule has 0 aliphatic rings. The molecule has 0 fully saturated rings. The number of carbonyl (C=O) groups is 1. The van der Waals surface area contributed by atoms with Gasteiger partial charge in [-0.2, -0.15) is 0 Å². The van der Waals surface area contributed by atoms with Gasteiger partial charge < -0.3 is 4.74 Å². The van der Waals surface area contributed by atoms with E-state index in [0.29, 0.717) is 10.7 Å². The average molecular weight is 256 g/mol. The zero-order chi connectivity index (χ0) is 12.8. The first-order valence-corrected chi connectivity index (χ1v) is 5.55. The van der Waals surface area contributed by atoms with Crippen LogP contribution in [0.1, 0.15) is 26.3 Å². The topological polar surface area (TPSA) is 47.9 Å². The lowest BCUT2D eigenvalue weighted by atomic mass is 10.1. The molecule has 0 atom stereocenters. The number of halogens is 1. The van der Waals surface area contributed by atoms with Gasteiger partial charge in [-0.15, -0.1) is 0 Å². The minimum Gasteiger partial charge on any atom is -0.430 e. The van der Waals surface area contributed by atoms with E-state index >= 15 is 0 Å². The third kappa shape index (κ3) is 4.87.